The molecule has 0 aliphatic heterocycles. The van der Waals surface area contributed by atoms with Crippen molar-refractivity contribution in [3.05, 3.63) is 50.4 Å². The average Bonchev–Trinajstić information content (AvgIpc) is 3.08. The highest BCUT2D eigenvalue weighted by Crippen LogP contribution is 2.39. The van der Waals surface area contributed by atoms with Crippen molar-refractivity contribution in [2.45, 2.75) is 38.6 Å². The van der Waals surface area contributed by atoms with Crippen LogP contribution in [-0.4, -0.2) is 4.57 Å². The van der Waals surface area contributed by atoms with E-state index in [2.05, 4.69) is 5.43 Å². The largest absolute Gasteiger partial charge is 0.453 e. The number of pyridine rings is 1. The second-order valence-electron chi connectivity index (χ2n) is 6.02. The van der Waals surface area contributed by atoms with Gasteiger partial charge in [0.15, 0.2) is 5.75 Å². The fourth-order valence-corrected chi connectivity index (χ4v) is 3.64. The quantitative estimate of drug-likeness (QED) is 0.609. The molecule has 0 saturated heterocycles. The lowest BCUT2D eigenvalue weighted by Crippen LogP contribution is -2.24. The zero-order chi connectivity index (χ0) is 17.3. The molecular weight excluding hydrogens is 349 g/mol. The predicted molar refractivity (Wildman–Crippen MR) is 97.3 cm³/mol. The Kier molecular flexibility index (Phi) is 5.04. The number of hydrogen-bond donors (Lipinski definition) is 2. The number of nitrogens with two attached hydrogens (primary N) is 1. The van der Waals surface area contributed by atoms with Crippen LogP contribution in [0.4, 0.5) is 5.69 Å². The fraction of sp³-hybridized carbons (Fsp3) is 0.353. The van der Waals surface area contributed by atoms with Crippen molar-refractivity contribution in [2.75, 3.05) is 5.43 Å². The van der Waals surface area contributed by atoms with Crippen LogP contribution in [0.3, 0.4) is 0 Å². The summed E-state index contributed by atoms with van der Waals surface area (Å²) in [5.41, 5.74) is 3.73. The minimum absolute atomic E-state index is 0.0223. The van der Waals surface area contributed by atoms with Gasteiger partial charge in [-0.05, 0) is 38.0 Å². The molecule has 1 aromatic carbocycles. The third-order valence-corrected chi connectivity index (χ3v) is 4.86. The maximum Gasteiger partial charge on any atom is 0.253 e. The van der Waals surface area contributed by atoms with E-state index in [-0.39, 0.29) is 11.6 Å². The van der Waals surface area contributed by atoms with E-state index in [4.69, 9.17) is 33.8 Å². The molecule has 7 heteroatoms. The first kappa shape index (κ1) is 17.1. The molecule has 5 nitrogen and oxygen atoms in total. The molecule has 3 N–H and O–H groups in total. The van der Waals surface area contributed by atoms with E-state index in [1.807, 2.05) is 0 Å². The Morgan fingerprint density at radius 2 is 1.83 bits per heavy atom. The summed E-state index contributed by atoms with van der Waals surface area (Å²) in [5, 5.41) is 0.679. The number of hydrazine groups is 1. The first-order valence-electron chi connectivity index (χ1n) is 7.86. The molecule has 24 heavy (non-hydrogen) atoms. The molecule has 0 amide bonds. The van der Waals surface area contributed by atoms with Crippen molar-refractivity contribution >= 4 is 28.9 Å². The number of ether oxygens (including phenoxy) is 1. The molecule has 1 heterocycles. The number of aromatic nitrogens is 1. The first-order chi connectivity index (χ1) is 11.5. The van der Waals surface area contributed by atoms with Crippen molar-refractivity contribution in [1.29, 1.82) is 0 Å². The summed E-state index contributed by atoms with van der Waals surface area (Å²) < 4.78 is 7.66. The van der Waals surface area contributed by atoms with Crippen LogP contribution in [-0.2, 0) is 0 Å². The maximum absolute atomic E-state index is 12.4. The van der Waals surface area contributed by atoms with Gasteiger partial charge in [-0.15, -0.1) is 0 Å². The van der Waals surface area contributed by atoms with Crippen molar-refractivity contribution in [3.63, 3.8) is 0 Å². The molecule has 0 spiro atoms. The van der Waals surface area contributed by atoms with Gasteiger partial charge in [0.1, 0.15) is 5.75 Å². The SMILES string of the molecule is Cc1cc(Oc2c(Cl)cc(NN)cc2Cl)cn(C2CCCC2)c1=O. The van der Waals surface area contributed by atoms with Crippen LogP contribution in [0.2, 0.25) is 10.0 Å². The lowest BCUT2D eigenvalue weighted by atomic mass is 10.2. The normalized spacial score (nSPS) is 14.8. The number of benzene rings is 1. The number of aryl methyl sites for hydroxylation is 1. The second-order valence-corrected chi connectivity index (χ2v) is 6.84. The van der Waals surface area contributed by atoms with Gasteiger partial charge in [0, 0.05) is 11.6 Å². The summed E-state index contributed by atoms with van der Waals surface area (Å²) in [6.45, 7) is 1.78. The minimum atomic E-state index is 0.0223. The Balaban J connectivity index is 1.97. The van der Waals surface area contributed by atoms with Gasteiger partial charge in [0.05, 0.1) is 21.9 Å². The predicted octanol–water partition coefficient (Wildman–Crippen LogP) is 4.66. The van der Waals surface area contributed by atoms with E-state index in [0.29, 0.717) is 32.8 Å². The van der Waals surface area contributed by atoms with Crippen LogP contribution in [0.5, 0.6) is 11.5 Å². The molecule has 2 aromatic rings. The van der Waals surface area contributed by atoms with E-state index in [0.717, 1.165) is 25.7 Å². The standard InChI is InChI=1S/C17H19Cl2N3O2/c1-10-6-13(9-22(17(10)23)12-4-2-3-5-12)24-16-14(18)7-11(21-20)8-15(16)19/h6-9,12,21H,2-5,20H2,1H3. The molecule has 1 aliphatic rings. The van der Waals surface area contributed by atoms with Crippen molar-refractivity contribution in [3.8, 4) is 11.5 Å². The van der Waals surface area contributed by atoms with Gasteiger partial charge < -0.3 is 14.7 Å². The lowest BCUT2D eigenvalue weighted by molar-refractivity contribution is 0.450. The summed E-state index contributed by atoms with van der Waals surface area (Å²) in [7, 11) is 0. The number of nitrogen functional groups attached to an aromatic ring is 1. The molecule has 128 valence electrons. The highest BCUT2D eigenvalue weighted by Gasteiger charge is 2.20. The van der Waals surface area contributed by atoms with Gasteiger partial charge in [0.2, 0.25) is 0 Å². The second kappa shape index (κ2) is 7.05. The van der Waals surface area contributed by atoms with Crippen LogP contribution >= 0.6 is 23.2 Å². The number of nitrogens with one attached hydrogen (secondary N) is 1. The van der Waals surface area contributed by atoms with Gasteiger partial charge in [-0.2, -0.15) is 0 Å². The highest BCUT2D eigenvalue weighted by atomic mass is 35.5. The number of hydrogen-bond acceptors (Lipinski definition) is 4. The molecule has 0 unspecified atom stereocenters. The van der Waals surface area contributed by atoms with Gasteiger partial charge in [-0.1, -0.05) is 36.0 Å². The lowest BCUT2D eigenvalue weighted by Gasteiger charge is -2.17. The molecule has 0 bridgehead atoms. The Morgan fingerprint density at radius 3 is 2.42 bits per heavy atom. The maximum atomic E-state index is 12.4. The van der Waals surface area contributed by atoms with Crippen LogP contribution in [0.1, 0.15) is 37.3 Å². The zero-order valence-electron chi connectivity index (χ0n) is 13.3. The molecular formula is C17H19Cl2N3O2. The number of nitrogens with zero attached hydrogens (tertiary/aromatic N) is 1. The highest BCUT2D eigenvalue weighted by molar-refractivity contribution is 6.37. The van der Waals surface area contributed by atoms with Crippen LogP contribution < -0.4 is 21.6 Å². The van der Waals surface area contributed by atoms with E-state index in [1.54, 1.807) is 35.9 Å². The average molecular weight is 368 g/mol. The third-order valence-electron chi connectivity index (χ3n) is 4.30. The number of rotatable bonds is 4. The zero-order valence-corrected chi connectivity index (χ0v) is 14.8. The van der Waals surface area contributed by atoms with Gasteiger partial charge >= 0.3 is 0 Å². The smallest absolute Gasteiger partial charge is 0.253 e. The summed E-state index contributed by atoms with van der Waals surface area (Å²) >= 11 is 12.5. The van der Waals surface area contributed by atoms with Gasteiger partial charge in [0.25, 0.3) is 5.56 Å². The molecule has 1 saturated carbocycles. The van der Waals surface area contributed by atoms with E-state index < -0.39 is 0 Å². The molecule has 1 aromatic heterocycles. The third kappa shape index (κ3) is 3.38. The summed E-state index contributed by atoms with van der Waals surface area (Å²) in [6.07, 6.45) is 6.06. The molecule has 0 radical (unpaired) electrons. The van der Waals surface area contributed by atoms with Gasteiger partial charge in [-0.25, -0.2) is 0 Å². The number of anilines is 1. The van der Waals surface area contributed by atoms with Gasteiger partial charge in [-0.3, -0.25) is 10.6 Å². The van der Waals surface area contributed by atoms with Crippen molar-refractivity contribution in [2.24, 2.45) is 5.84 Å². The minimum Gasteiger partial charge on any atom is -0.453 e. The Bertz CT molecular complexity index is 791. The Hall–Kier alpha value is -1.69. The first-order valence-corrected chi connectivity index (χ1v) is 8.61. The van der Waals surface area contributed by atoms with Crippen LogP contribution in [0.15, 0.2) is 29.2 Å². The Labute approximate surface area is 150 Å². The molecule has 1 fully saturated rings. The van der Waals surface area contributed by atoms with Crippen molar-refractivity contribution in [1.82, 2.24) is 4.57 Å². The Morgan fingerprint density at radius 1 is 1.21 bits per heavy atom. The topological polar surface area (TPSA) is 69.3 Å². The molecule has 1 aliphatic carbocycles. The van der Waals surface area contributed by atoms with Crippen molar-refractivity contribution < 1.29 is 4.74 Å². The summed E-state index contributed by atoms with van der Waals surface area (Å²) in [4.78, 5) is 12.4. The number of halogens is 2. The molecule has 0 atom stereocenters. The van der Waals surface area contributed by atoms with Crippen LogP contribution in [0, 0.1) is 6.92 Å². The fourth-order valence-electron chi connectivity index (χ4n) is 3.08. The monoisotopic (exact) mass is 367 g/mol. The van der Waals surface area contributed by atoms with Crippen LogP contribution in [0.25, 0.3) is 0 Å². The summed E-state index contributed by atoms with van der Waals surface area (Å²) in [6, 6.07) is 5.19. The summed E-state index contributed by atoms with van der Waals surface area (Å²) in [5.74, 6) is 6.25. The van der Waals surface area contributed by atoms with E-state index in [9.17, 15) is 4.79 Å². The van der Waals surface area contributed by atoms with E-state index in [1.165, 1.54) is 0 Å². The van der Waals surface area contributed by atoms with E-state index >= 15 is 0 Å². The molecule has 3 rings (SSSR count).